The maximum Gasteiger partial charge on any atom is 0.223 e. The fraction of sp³-hybridized carbons (Fsp3) is 0.571. The quantitative estimate of drug-likeness (QED) is 0.524. The van der Waals surface area contributed by atoms with Crippen LogP contribution in [0.15, 0.2) is 12.7 Å². The first-order valence-corrected chi connectivity index (χ1v) is 3.32. The van der Waals surface area contributed by atoms with Crippen molar-refractivity contribution >= 4 is 5.91 Å². The normalized spacial score (nSPS) is 31.9. The summed E-state index contributed by atoms with van der Waals surface area (Å²) in [5, 5.41) is 11.8. The lowest BCUT2D eigenvalue weighted by atomic mass is 10.1. The van der Waals surface area contributed by atoms with Crippen LogP contribution in [0, 0.1) is 0 Å². The Bertz CT molecular complexity index is 156. The number of hydrogen-bond acceptors (Lipinski definition) is 2. The number of carbonyl (C=O) groups is 1. The van der Waals surface area contributed by atoms with Crippen molar-refractivity contribution in [3.63, 3.8) is 0 Å². The zero-order valence-corrected chi connectivity index (χ0v) is 5.71. The third-order valence-electron chi connectivity index (χ3n) is 1.63. The highest BCUT2D eigenvalue weighted by Gasteiger charge is 2.28. The molecule has 0 aliphatic carbocycles. The molecule has 0 radical (unpaired) electrons. The summed E-state index contributed by atoms with van der Waals surface area (Å²) in [7, 11) is 0. The molecule has 0 unspecified atom stereocenters. The van der Waals surface area contributed by atoms with E-state index in [0.29, 0.717) is 6.42 Å². The first kappa shape index (κ1) is 7.28. The van der Waals surface area contributed by atoms with Crippen molar-refractivity contribution in [1.29, 1.82) is 0 Å². The fourth-order valence-electron chi connectivity index (χ4n) is 1.09. The minimum Gasteiger partial charge on any atom is -0.390 e. The van der Waals surface area contributed by atoms with Crippen LogP contribution in [-0.4, -0.2) is 23.2 Å². The molecule has 0 saturated carbocycles. The molecular weight excluding hydrogens is 130 g/mol. The summed E-state index contributed by atoms with van der Waals surface area (Å²) in [5.74, 6) is -0.0700. The van der Waals surface area contributed by atoms with Crippen molar-refractivity contribution in [1.82, 2.24) is 5.32 Å². The van der Waals surface area contributed by atoms with Crippen molar-refractivity contribution in [3.05, 3.63) is 12.7 Å². The lowest BCUT2D eigenvalue weighted by molar-refractivity contribution is -0.119. The predicted molar refractivity (Wildman–Crippen MR) is 37.4 cm³/mol. The Morgan fingerprint density at radius 1 is 1.90 bits per heavy atom. The van der Waals surface area contributed by atoms with Gasteiger partial charge in [0, 0.05) is 0 Å². The Morgan fingerprint density at radius 2 is 2.60 bits per heavy atom. The summed E-state index contributed by atoms with van der Waals surface area (Å²) in [5.41, 5.74) is 0. The van der Waals surface area contributed by atoms with Crippen LogP contribution in [0.25, 0.3) is 0 Å². The topological polar surface area (TPSA) is 49.3 Å². The third kappa shape index (κ3) is 1.36. The van der Waals surface area contributed by atoms with E-state index in [9.17, 15) is 4.79 Å². The Morgan fingerprint density at radius 3 is 3.00 bits per heavy atom. The van der Waals surface area contributed by atoms with Gasteiger partial charge in [-0.3, -0.25) is 4.79 Å². The lowest BCUT2D eigenvalue weighted by Crippen LogP contribution is -2.30. The first-order valence-electron chi connectivity index (χ1n) is 3.32. The molecule has 2 atom stereocenters. The molecule has 3 heteroatoms. The highest BCUT2D eigenvalue weighted by molar-refractivity contribution is 5.79. The van der Waals surface area contributed by atoms with Crippen molar-refractivity contribution in [2.45, 2.75) is 25.0 Å². The van der Waals surface area contributed by atoms with Gasteiger partial charge in [-0.15, -0.1) is 6.58 Å². The third-order valence-corrected chi connectivity index (χ3v) is 1.63. The lowest BCUT2D eigenvalue weighted by Gasteiger charge is -2.09. The largest absolute Gasteiger partial charge is 0.390 e. The van der Waals surface area contributed by atoms with Crippen molar-refractivity contribution < 1.29 is 9.90 Å². The number of aliphatic hydroxyl groups excluding tert-OH is 1. The van der Waals surface area contributed by atoms with Gasteiger partial charge in [-0.05, 0) is 6.42 Å². The second kappa shape index (κ2) is 2.84. The molecule has 1 amide bonds. The van der Waals surface area contributed by atoms with Gasteiger partial charge in [-0.25, -0.2) is 0 Å². The van der Waals surface area contributed by atoms with Gasteiger partial charge in [0.15, 0.2) is 0 Å². The van der Waals surface area contributed by atoms with E-state index in [0.717, 1.165) is 0 Å². The molecule has 1 fully saturated rings. The molecule has 0 aromatic rings. The predicted octanol–water partition coefficient (Wildman–Crippen LogP) is -0.188. The SMILES string of the molecule is C=CC[C@H]1NC(=O)C[C@H]1O. The molecule has 1 aliphatic heterocycles. The Labute approximate surface area is 59.7 Å². The maximum atomic E-state index is 10.6. The van der Waals surface area contributed by atoms with Gasteiger partial charge >= 0.3 is 0 Å². The summed E-state index contributed by atoms with van der Waals surface area (Å²) in [6.45, 7) is 3.52. The van der Waals surface area contributed by atoms with Gasteiger partial charge in [0.05, 0.1) is 18.6 Å². The summed E-state index contributed by atoms with van der Waals surface area (Å²) in [4.78, 5) is 10.6. The van der Waals surface area contributed by atoms with Crippen molar-refractivity contribution in [2.24, 2.45) is 0 Å². The molecule has 1 aliphatic rings. The minimum absolute atomic E-state index is 0.0700. The summed E-state index contributed by atoms with van der Waals surface area (Å²) >= 11 is 0. The number of hydrogen-bond donors (Lipinski definition) is 2. The minimum atomic E-state index is -0.523. The molecule has 0 bridgehead atoms. The molecular formula is C7H11NO2. The zero-order chi connectivity index (χ0) is 7.56. The number of amides is 1. The summed E-state index contributed by atoms with van der Waals surface area (Å²) in [6, 6.07) is -0.106. The highest BCUT2D eigenvalue weighted by atomic mass is 16.3. The monoisotopic (exact) mass is 141 g/mol. The Balaban J connectivity index is 2.45. The summed E-state index contributed by atoms with van der Waals surface area (Å²) < 4.78 is 0. The van der Waals surface area contributed by atoms with Crippen LogP contribution < -0.4 is 5.32 Å². The van der Waals surface area contributed by atoms with Gasteiger partial charge in [0.1, 0.15) is 0 Å². The van der Waals surface area contributed by atoms with E-state index >= 15 is 0 Å². The van der Waals surface area contributed by atoms with Crippen molar-refractivity contribution in [2.75, 3.05) is 0 Å². The van der Waals surface area contributed by atoms with Crippen molar-refractivity contribution in [3.8, 4) is 0 Å². The van der Waals surface area contributed by atoms with Gasteiger partial charge in [0.2, 0.25) is 5.91 Å². The number of aliphatic hydroxyl groups is 1. The van der Waals surface area contributed by atoms with Crippen LogP contribution in [0.1, 0.15) is 12.8 Å². The zero-order valence-electron chi connectivity index (χ0n) is 5.71. The smallest absolute Gasteiger partial charge is 0.223 e. The summed E-state index contributed by atoms with van der Waals surface area (Å²) in [6.07, 6.45) is 2.05. The molecule has 0 spiro atoms. The van der Waals surface area contributed by atoms with E-state index in [4.69, 9.17) is 5.11 Å². The molecule has 0 aromatic carbocycles. The standard InChI is InChI=1S/C7H11NO2/c1-2-3-5-6(9)4-7(10)8-5/h2,5-6,9H,1,3-4H2,(H,8,10)/t5-,6-/m1/s1. The van der Waals surface area contributed by atoms with Crippen LogP contribution in [0.2, 0.25) is 0 Å². The molecule has 2 N–H and O–H groups in total. The van der Waals surface area contributed by atoms with E-state index in [1.807, 2.05) is 0 Å². The van der Waals surface area contributed by atoms with Crippen LogP contribution in [0.5, 0.6) is 0 Å². The van der Waals surface area contributed by atoms with Crippen LogP contribution in [0.3, 0.4) is 0 Å². The average molecular weight is 141 g/mol. The second-order valence-corrected chi connectivity index (χ2v) is 2.47. The molecule has 3 nitrogen and oxygen atoms in total. The van der Waals surface area contributed by atoms with Gasteiger partial charge in [0.25, 0.3) is 0 Å². The van der Waals surface area contributed by atoms with Crippen LogP contribution in [-0.2, 0) is 4.79 Å². The maximum absolute atomic E-state index is 10.6. The van der Waals surface area contributed by atoms with Gasteiger partial charge in [-0.1, -0.05) is 6.08 Å². The molecule has 1 rings (SSSR count). The fourth-order valence-corrected chi connectivity index (χ4v) is 1.09. The average Bonchev–Trinajstić information content (AvgIpc) is 2.13. The molecule has 1 saturated heterocycles. The molecule has 10 heavy (non-hydrogen) atoms. The Hall–Kier alpha value is -0.830. The first-order chi connectivity index (χ1) is 4.74. The Kier molecular flexibility index (Phi) is 2.06. The molecule has 0 aromatic heterocycles. The van der Waals surface area contributed by atoms with E-state index in [-0.39, 0.29) is 18.4 Å². The second-order valence-electron chi connectivity index (χ2n) is 2.47. The van der Waals surface area contributed by atoms with Gasteiger partial charge in [-0.2, -0.15) is 0 Å². The number of carbonyl (C=O) groups excluding carboxylic acids is 1. The highest BCUT2D eigenvalue weighted by Crippen LogP contribution is 2.10. The van der Waals surface area contributed by atoms with E-state index in [2.05, 4.69) is 11.9 Å². The van der Waals surface area contributed by atoms with E-state index < -0.39 is 6.10 Å². The van der Waals surface area contributed by atoms with Crippen LogP contribution in [0.4, 0.5) is 0 Å². The number of rotatable bonds is 2. The number of nitrogens with one attached hydrogen (secondary N) is 1. The molecule has 56 valence electrons. The van der Waals surface area contributed by atoms with E-state index in [1.165, 1.54) is 0 Å². The van der Waals surface area contributed by atoms with Crippen LogP contribution >= 0.6 is 0 Å². The van der Waals surface area contributed by atoms with Gasteiger partial charge < -0.3 is 10.4 Å². The van der Waals surface area contributed by atoms with E-state index in [1.54, 1.807) is 6.08 Å². The molecule has 1 heterocycles.